The average Bonchev–Trinajstić information content (AvgIpc) is 3.46. The summed E-state index contributed by atoms with van der Waals surface area (Å²) in [6, 6.07) is 14.3. The first-order valence-electron chi connectivity index (χ1n) is 8.47. The monoisotopic (exact) mass is 344 g/mol. The normalized spacial score (nSPS) is 13.8. The Morgan fingerprint density at radius 3 is 2.65 bits per heavy atom. The van der Waals surface area contributed by atoms with E-state index in [4.69, 9.17) is 10.5 Å². The van der Waals surface area contributed by atoms with E-state index in [0.29, 0.717) is 34.7 Å². The Balaban J connectivity index is 1.56. The molecule has 3 heterocycles. The minimum atomic E-state index is 0.354. The van der Waals surface area contributed by atoms with Gasteiger partial charge in [-0.2, -0.15) is 0 Å². The molecule has 0 atom stereocenters. The van der Waals surface area contributed by atoms with Crippen molar-refractivity contribution in [2.24, 2.45) is 0 Å². The molecule has 5 rings (SSSR count). The maximum atomic E-state index is 6.06. The molecule has 0 spiro atoms. The fourth-order valence-electron chi connectivity index (χ4n) is 2.98. The summed E-state index contributed by atoms with van der Waals surface area (Å²) in [6.07, 6.45) is 5.34. The van der Waals surface area contributed by atoms with Crippen molar-refractivity contribution in [3.8, 4) is 22.9 Å². The zero-order chi connectivity index (χ0) is 17.5. The lowest BCUT2D eigenvalue weighted by molar-refractivity contribution is 0.436. The van der Waals surface area contributed by atoms with Gasteiger partial charge < -0.3 is 10.5 Å². The number of ether oxygens (including phenoxy) is 1. The van der Waals surface area contributed by atoms with Crippen LogP contribution in [0.1, 0.15) is 18.9 Å². The van der Waals surface area contributed by atoms with E-state index in [0.717, 1.165) is 24.0 Å². The molecule has 0 bridgehead atoms. The molecule has 7 nitrogen and oxygen atoms in total. The Kier molecular flexibility index (Phi) is 3.31. The number of hydrogen-bond acceptors (Lipinski definition) is 6. The van der Waals surface area contributed by atoms with Gasteiger partial charge in [0.25, 0.3) is 5.88 Å². The van der Waals surface area contributed by atoms with Crippen molar-refractivity contribution in [1.29, 1.82) is 0 Å². The van der Waals surface area contributed by atoms with Crippen molar-refractivity contribution in [3.05, 3.63) is 55.0 Å². The number of fused-ring (bicyclic) bond motifs is 1. The van der Waals surface area contributed by atoms with Gasteiger partial charge >= 0.3 is 0 Å². The van der Waals surface area contributed by atoms with Crippen LogP contribution in [0.2, 0.25) is 0 Å². The van der Waals surface area contributed by atoms with Crippen LogP contribution >= 0.6 is 0 Å². The minimum absolute atomic E-state index is 0.354. The zero-order valence-corrected chi connectivity index (χ0v) is 13.9. The van der Waals surface area contributed by atoms with Crippen molar-refractivity contribution in [2.45, 2.75) is 18.9 Å². The van der Waals surface area contributed by atoms with E-state index in [9.17, 15) is 0 Å². The number of benzene rings is 1. The maximum absolute atomic E-state index is 6.06. The second-order valence-electron chi connectivity index (χ2n) is 6.29. The first-order valence-corrected chi connectivity index (χ1v) is 8.47. The van der Waals surface area contributed by atoms with E-state index in [2.05, 4.69) is 20.1 Å². The van der Waals surface area contributed by atoms with Gasteiger partial charge in [-0.3, -0.25) is 0 Å². The van der Waals surface area contributed by atoms with Crippen molar-refractivity contribution in [2.75, 3.05) is 5.73 Å². The molecule has 0 aliphatic heterocycles. The molecule has 7 heteroatoms. The molecule has 1 aliphatic rings. The van der Waals surface area contributed by atoms with Gasteiger partial charge in [-0.1, -0.05) is 30.3 Å². The Morgan fingerprint density at radius 1 is 1.00 bits per heavy atom. The van der Waals surface area contributed by atoms with Crippen LogP contribution in [-0.2, 0) is 0 Å². The smallest absolute Gasteiger partial charge is 0.253 e. The molecule has 0 amide bonds. The molecule has 1 aromatic carbocycles. The Hall–Kier alpha value is -3.48. The number of hydrogen-bond donors (Lipinski definition) is 1. The first-order chi connectivity index (χ1) is 12.8. The van der Waals surface area contributed by atoms with E-state index in [1.165, 1.54) is 6.33 Å². The lowest BCUT2D eigenvalue weighted by Gasteiger charge is -2.05. The van der Waals surface area contributed by atoms with Gasteiger partial charge in [-0.25, -0.2) is 19.6 Å². The van der Waals surface area contributed by atoms with E-state index in [1.807, 2.05) is 47.1 Å². The van der Waals surface area contributed by atoms with Gasteiger partial charge in [0.1, 0.15) is 17.5 Å². The molecule has 3 aromatic heterocycles. The third-order valence-corrected chi connectivity index (χ3v) is 4.42. The van der Waals surface area contributed by atoms with Crippen molar-refractivity contribution in [3.63, 3.8) is 0 Å². The molecular formula is C19H16N6O. The molecule has 1 aliphatic carbocycles. The van der Waals surface area contributed by atoms with Gasteiger partial charge in [-0.05, 0) is 30.0 Å². The second-order valence-corrected chi connectivity index (χ2v) is 6.29. The number of anilines is 1. The van der Waals surface area contributed by atoms with Crippen LogP contribution in [0.5, 0.6) is 11.8 Å². The third-order valence-electron chi connectivity index (χ3n) is 4.42. The molecule has 2 N–H and O–H groups in total. The number of nitrogen functional groups attached to an aromatic ring is 1. The molecule has 0 radical (unpaired) electrons. The van der Waals surface area contributed by atoms with Gasteiger partial charge in [0.05, 0.1) is 6.04 Å². The summed E-state index contributed by atoms with van der Waals surface area (Å²) in [7, 11) is 0. The van der Waals surface area contributed by atoms with Crippen LogP contribution < -0.4 is 10.5 Å². The van der Waals surface area contributed by atoms with Crippen molar-refractivity contribution >= 4 is 16.9 Å². The van der Waals surface area contributed by atoms with Crippen molar-refractivity contribution in [1.82, 2.24) is 24.7 Å². The van der Waals surface area contributed by atoms with Crippen LogP contribution in [0.3, 0.4) is 0 Å². The standard InChI is InChI=1S/C19H16N6O/c20-17-16-18(23-11-22-17)25(14-6-7-14)24-19(16)26-15-10-13(8-9-21-15)12-4-2-1-3-5-12/h1-5,8-11,14H,6-7H2,(H2,20,22,23). The second kappa shape index (κ2) is 5.80. The molecule has 1 saturated carbocycles. The predicted molar refractivity (Wildman–Crippen MR) is 97.8 cm³/mol. The number of aromatic nitrogens is 5. The number of nitrogens with two attached hydrogens (primary N) is 1. The lowest BCUT2D eigenvalue weighted by atomic mass is 10.1. The summed E-state index contributed by atoms with van der Waals surface area (Å²) in [5, 5.41) is 5.21. The van der Waals surface area contributed by atoms with E-state index >= 15 is 0 Å². The highest BCUT2D eigenvalue weighted by molar-refractivity contribution is 5.91. The predicted octanol–water partition coefficient (Wildman–Crippen LogP) is 3.60. The van der Waals surface area contributed by atoms with Crippen LogP contribution in [0, 0.1) is 0 Å². The summed E-state index contributed by atoms with van der Waals surface area (Å²) < 4.78 is 7.87. The summed E-state index contributed by atoms with van der Waals surface area (Å²) in [6.45, 7) is 0. The highest BCUT2D eigenvalue weighted by atomic mass is 16.5. The van der Waals surface area contributed by atoms with E-state index in [-0.39, 0.29) is 0 Å². The van der Waals surface area contributed by atoms with Crippen LogP contribution in [0.15, 0.2) is 55.0 Å². The van der Waals surface area contributed by atoms with Crippen LogP contribution in [0.4, 0.5) is 5.82 Å². The molecular weight excluding hydrogens is 328 g/mol. The Labute approximate surface area is 149 Å². The fourth-order valence-corrected chi connectivity index (χ4v) is 2.98. The van der Waals surface area contributed by atoms with Crippen LogP contribution in [0.25, 0.3) is 22.2 Å². The van der Waals surface area contributed by atoms with Gasteiger partial charge in [0, 0.05) is 12.3 Å². The van der Waals surface area contributed by atoms with Crippen molar-refractivity contribution < 1.29 is 4.74 Å². The average molecular weight is 344 g/mol. The molecule has 0 saturated heterocycles. The largest absolute Gasteiger partial charge is 0.418 e. The SMILES string of the molecule is Nc1ncnc2c1c(Oc1cc(-c3ccccc3)ccn1)nn2C1CC1. The van der Waals surface area contributed by atoms with Gasteiger partial charge in [0.2, 0.25) is 5.88 Å². The quantitative estimate of drug-likeness (QED) is 0.608. The number of pyridine rings is 1. The van der Waals surface area contributed by atoms with Crippen LogP contribution in [-0.4, -0.2) is 24.7 Å². The highest BCUT2D eigenvalue weighted by Gasteiger charge is 2.29. The number of rotatable bonds is 4. The highest BCUT2D eigenvalue weighted by Crippen LogP contribution is 2.40. The summed E-state index contributed by atoms with van der Waals surface area (Å²) in [5.74, 6) is 1.20. The lowest BCUT2D eigenvalue weighted by Crippen LogP contribution is -1.98. The Bertz CT molecular complexity index is 1090. The molecule has 0 unspecified atom stereocenters. The maximum Gasteiger partial charge on any atom is 0.253 e. The summed E-state index contributed by atoms with van der Waals surface area (Å²) in [4.78, 5) is 12.7. The van der Waals surface area contributed by atoms with Gasteiger partial charge in [0.15, 0.2) is 5.65 Å². The summed E-state index contributed by atoms with van der Waals surface area (Å²) in [5.41, 5.74) is 8.88. The molecule has 1 fully saturated rings. The number of nitrogens with zero attached hydrogens (tertiary/aromatic N) is 5. The van der Waals surface area contributed by atoms with Gasteiger partial charge in [-0.15, -0.1) is 5.10 Å². The zero-order valence-electron chi connectivity index (χ0n) is 13.9. The summed E-state index contributed by atoms with van der Waals surface area (Å²) >= 11 is 0. The first kappa shape index (κ1) is 14.8. The minimum Gasteiger partial charge on any atom is -0.418 e. The fraction of sp³-hybridized carbons (Fsp3) is 0.158. The van der Waals surface area contributed by atoms with E-state index < -0.39 is 0 Å². The topological polar surface area (TPSA) is 91.7 Å². The third kappa shape index (κ3) is 2.54. The molecule has 4 aromatic rings. The molecule has 128 valence electrons. The van der Waals surface area contributed by atoms with E-state index in [1.54, 1.807) is 6.20 Å². The Morgan fingerprint density at radius 2 is 1.85 bits per heavy atom. The molecule has 26 heavy (non-hydrogen) atoms.